The van der Waals surface area contributed by atoms with E-state index in [0.717, 1.165) is 32.1 Å². The molecule has 4 aliphatic rings. The minimum Gasteiger partial charge on any atom is -0.408 e. The Balaban J connectivity index is 1.19. The lowest BCUT2D eigenvalue weighted by atomic mass is 9.43. The molecule has 0 bridgehead atoms. The van der Waals surface area contributed by atoms with E-state index in [1.807, 2.05) is 0 Å². The van der Waals surface area contributed by atoms with Crippen LogP contribution in [0.4, 0.5) is 0 Å². The van der Waals surface area contributed by atoms with Gasteiger partial charge in [-0.2, -0.15) is 0 Å². The molecule has 4 aliphatic carbocycles. The maximum Gasteiger partial charge on any atom is 0.348 e. The van der Waals surface area contributed by atoms with Crippen molar-refractivity contribution in [3.8, 4) is 0 Å². The molecule has 2 aromatic heterocycles. The molecule has 2 heterocycles. The highest BCUT2D eigenvalue weighted by molar-refractivity contribution is 5.75. The SMILES string of the molecule is C[C@H](CCc1nc2ccncc2c(=O)o1)[C@H]1CC[C@H]2[C@@H]3CC[C@@H]4C[C@H](O)CC[C@]4(C)C3C[C@H](O)[C@]12C. The lowest BCUT2D eigenvalue weighted by Crippen LogP contribution is -2.58. The molecule has 4 saturated carbocycles. The van der Waals surface area contributed by atoms with Gasteiger partial charge in [0.2, 0.25) is 0 Å². The number of aromatic nitrogens is 2. The van der Waals surface area contributed by atoms with Gasteiger partial charge in [-0.3, -0.25) is 4.98 Å². The second-order valence-corrected chi connectivity index (χ2v) is 13.2. The highest BCUT2D eigenvalue weighted by Gasteiger charge is 2.63. The minimum absolute atomic E-state index is 0.0543. The van der Waals surface area contributed by atoms with Gasteiger partial charge in [0.25, 0.3) is 0 Å². The number of pyridine rings is 1. The van der Waals surface area contributed by atoms with E-state index in [0.29, 0.717) is 58.7 Å². The van der Waals surface area contributed by atoms with Gasteiger partial charge in [0.15, 0.2) is 5.89 Å². The van der Waals surface area contributed by atoms with Crippen molar-refractivity contribution in [3.05, 3.63) is 34.8 Å². The summed E-state index contributed by atoms with van der Waals surface area (Å²) in [5.41, 5.74) is 0.492. The maximum absolute atomic E-state index is 12.4. The molecule has 0 spiro atoms. The van der Waals surface area contributed by atoms with E-state index in [1.165, 1.54) is 31.9 Å². The van der Waals surface area contributed by atoms with Crippen LogP contribution in [-0.2, 0) is 6.42 Å². The van der Waals surface area contributed by atoms with Gasteiger partial charge in [-0.05, 0) is 110 Å². The van der Waals surface area contributed by atoms with Crippen molar-refractivity contribution in [3.63, 3.8) is 0 Å². The number of hydrogen-bond donors (Lipinski definition) is 2. The van der Waals surface area contributed by atoms with Gasteiger partial charge in [-0.25, -0.2) is 9.78 Å². The van der Waals surface area contributed by atoms with Crippen molar-refractivity contribution in [2.24, 2.45) is 46.3 Å². The summed E-state index contributed by atoms with van der Waals surface area (Å²) in [5, 5.41) is 22.5. The molecular formula is C30H42N2O4. The molecular weight excluding hydrogens is 452 g/mol. The number of aliphatic hydroxyl groups is 2. The molecule has 10 atom stereocenters. The fourth-order valence-electron chi connectivity index (χ4n) is 9.78. The number of aliphatic hydroxyl groups excluding tert-OH is 2. The summed E-state index contributed by atoms with van der Waals surface area (Å²) in [6.45, 7) is 7.18. The maximum atomic E-state index is 12.4. The zero-order valence-corrected chi connectivity index (χ0v) is 22.0. The second-order valence-electron chi connectivity index (χ2n) is 13.2. The molecule has 2 aromatic rings. The van der Waals surface area contributed by atoms with Crippen LogP contribution in [0.2, 0.25) is 0 Å². The Kier molecular flexibility index (Phi) is 6.07. The third kappa shape index (κ3) is 3.69. The molecule has 1 unspecified atom stereocenters. The number of fused-ring (bicyclic) bond motifs is 6. The predicted molar refractivity (Wildman–Crippen MR) is 138 cm³/mol. The van der Waals surface area contributed by atoms with Gasteiger partial charge in [0.05, 0.1) is 17.7 Å². The van der Waals surface area contributed by atoms with E-state index in [2.05, 4.69) is 30.7 Å². The van der Waals surface area contributed by atoms with Crippen LogP contribution in [0.15, 0.2) is 27.7 Å². The lowest BCUT2D eigenvalue weighted by molar-refractivity contribution is -0.174. The van der Waals surface area contributed by atoms with Crippen LogP contribution < -0.4 is 5.63 Å². The number of hydrogen-bond acceptors (Lipinski definition) is 6. The summed E-state index contributed by atoms with van der Waals surface area (Å²) in [7, 11) is 0. The van der Waals surface area contributed by atoms with Crippen molar-refractivity contribution in [1.82, 2.24) is 9.97 Å². The Morgan fingerprint density at radius 3 is 2.78 bits per heavy atom. The van der Waals surface area contributed by atoms with Crippen LogP contribution in [0.25, 0.3) is 10.9 Å². The first-order valence-corrected chi connectivity index (χ1v) is 14.3. The molecule has 0 saturated heterocycles. The molecule has 0 amide bonds. The topological polar surface area (TPSA) is 96.5 Å². The Hall–Kier alpha value is -1.79. The summed E-state index contributed by atoms with van der Waals surface area (Å²) in [6, 6.07) is 1.76. The van der Waals surface area contributed by atoms with Crippen molar-refractivity contribution < 1.29 is 14.6 Å². The molecule has 6 nitrogen and oxygen atoms in total. The third-order valence-corrected chi connectivity index (χ3v) is 11.8. The standard InChI is InChI=1S/C30H42N2O4/c1-17(4-9-27-32-25-11-13-31-16-21(25)28(35)36-27)22-7-8-23-20-6-5-18-14-19(33)10-12-29(18,2)24(20)15-26(34)30(22,23)3/h11,13,16-20,22-24,26,33-34H,4-10,12,14-15H2,1-3H3/t17-,18-,19-,20+,22-,23+,24?,26+,29+,30-/m1/s1. The molecule has 6 heteroatoms. The molecule has 2 N–H and O–H groups in total. The first-order chi connectivity index (χ1) is 17.2. The second kappa shape index (κ2) is 8.90. The van der Waals surface area contributed by atoms with E-state index in [4.69, 9.17) is 4.42 Å². The molecule has 196 valence electrons. The number of nitrogens with zero attached hydrogens (tertiary/aromatic N) is 2. The summed E-state index contributed by atoms with van der Waals surface area (Å²) >= 11 is 0. The van der Waals surface area contributed by atoms with Crippen molar-refractivity contribution in [1.29, 1.82) is 0 Å². The summed E-state index contributed by atoms with van der Waals surface area (Å²) < 4.78 is 5.52. The summed E-state index contributed by atoms with van der Waals surface area (Å²) in [4.78, 5) is 21.0. The van der Waals surface area contributed by atoms with Gasteiger partial charge in [-0.15, -0.1) is 0 Å². The van der Waals surface area contributed by atoms with Crippen LogP contribution in [0, 0.1) is 46.3 Å². The van der Waals surface area contributed by atoms with Crippen LogP contribution >= 0.6 is 0 Å². The largest absolute Gasteiger partial charge is 0.408 e. The van der Waals surface area contributed by atoms with Crippen LogP contribution in [-0.4, -0.2) is 32.4 Å². The summed E-state index contributed by atoms with van der Waals surface area (Å²) in [5.74, 6) is 3.84. The Bertz CT molecular complexity index is 1180. The normalized spacial score (nSPS) is 43.0. The lowest BCUT2D eigenvalue weighted by Gasteiger charge is -2.62. The Morgan fingerprint density at radius 2 is 1.94 bits per heavy atom. The highest BCUT2D eigenvalue weighted by Crippen LogP contribution is 2.68. The van der Waals surface area contributed by atoms with Crippen molar-refractivity contribution in [2.75, 3.05) is 0 Å². The summed E-state index contributed by atoms with van der Waals surface area (Å²) in [6.07, 6.45) is 13.1. The van der Waals surface area contributed by atoms with E-state index >= 15 is 0 Å². The van der Waals surface area contributed by atoms with Crippen LogP contribution in [0.1, 0.15) is 84.4 Å². The third-order valence-electron chi connectivity index (χ3n) is 11.8. The number of rotatable bonds is 4. The predicted octanol–water partition coefficient (Wildman–Crippen LogP) is 5.14. The molecule has 0 aromatic carbocycles. The first kappa shape index (κ1) is 24.5. The van der Waals surface area contributed by atoms with Crippen LogP contribution in [0.5, 0.6) is 0 Å². The fraction of sp³-hybridized carbons (Fsp3) is 0.767. The van der Waals surface area contributed by atoms with E-state index in [9.17, 15) is 15.0 Å². The minimum atomic E-state index is -0.364. The molecule has 0 radical (unpaired) electrons. The van der Waals surface area contributed by atoms with Crippen molar-refractivity contribution >= 4 is 10.9 Å². The highest BCUT2D eigenvalue weighted by atomic mass is 16.4. The van der Waals surface area contributed by atoms with E-state index < -0.39 is 0 Å². The van der Waals surface area contributed by atoms with Gasteiger partial charge in [0.1, 0.15) is 5.39 Å². The Labute approximate surface area is 213 Å². The van der Waals surface area contributed by atoms with Gasteiger partial charge < -0.3 is 14.6 Å². The molecule has 36 heavy (non-hydrogen) atoms. The van der Waals surface area contributed by atoms with E-state index in [-0.39, 0.29) is 28.7 Å². The zero-order chi connectivity index (χ0) is 25.2. The smallest absolute Gasteiger partial charge is 0.348 e. The Morgan fingerprint density at radius 1 is 1.11 bits per heavy atom. The molecule has 0 aliphatic heterocycles. The fourth-order valence-corrected chi connectivity index (χ4v) is 9.78. The van der Waals surface area contributed by atoms with E-state index in [1.54, 1.807) is 12.3 Å². The van der Waals surface area contributed by atoms with Gasteiger partial charge in [-0.1, -0.05) is 20.8 Å². The van der Waals surface area contributed by atoms with Gasteiger partial charge in [0, 0.05) is 18.8 Å². The molecule has 4 fully saturated rings. The zero-order valence-electron chi connectivity index (χ0n) is 22.0. The first-order valence-electron chi connectivity index (χ1n) is 14.3. The van der Waals surface area contributed by atoms with Crippen molar-refractivity contribution in [2.45, 2.75) is 97.2 Å². The molecule has 6 rings (SSSR count). The van der Waals surface area contributed by atoms with Crippen LogP contribution in [0.3, 0.4) is 0 Å². The number of aryl methyl sites for hydroxylation is 1. The van der Waals surface area contributed by atoms with Gasteiger partial charge >= 0.3 is 5.63 Å². The average molecular weight is 495 g/mol. The monoisotopic (exact) mass is 494 g/mol. The quantitative estimate of drug-likeness (QED) is 0.611. The average Bonchev–Trinajstić information content (AvgIpc) is 3.22.